The van der Waals surface area contributed by atoms with E-state index in [1.165, 1.54) is 12.1 Å². The molecule has 0 heterocycles. The molecule has 0 aromatic heterocycles. The van der Waals surface area contributed by atoms with Crippen molar-refractivity contribution < 1.29 is 4.39 Å². The Kier molecular flexibility index (Phi) is 4.94. The highest BCUT2D eigenvalue weighted by Gasteiger charge is 2.16. The SMILES string of the molecule is CCCNC(c1ccccc1)c1ccc(F)cc1Cl. The summed E-state index contributed by atoms with van der Waals surface area (Å²) in [6, 6.07) is 14.6. The van der Waals surface area contributed by atoms with E-state index in [9.17, 15) is 4.39 Å². The predicted molar refractivity (Wildman–Crippen MR) is 78.0 cm³/mol. The van der Waals surface area contributed by atoms with Crippen LogP contribution in [0.1, 0.15) is 30.5 Å². The Morgan fingerprint density at radius 2 is 1.89 bits per heavy atom. The van der Waals surface area contributed by atoms with E-state index in [-0.39, 0.29) is 11.9 Å². The van der Waals surface area contributed by atoms with Gasteiger partial charge in [-0.2, -0.15) is 0 Å². The lowest BCUT2D eigenvalue weighted by Gasteiger charge is -2.20. The molecule has 1 unspecified atom stereocenters. The lowest BCUT2D eigenvalue weighted by atomic mass is 9.98. The molecule has 2 rings (SSSR count). The van der Waals surface area contributed by atoms with Crippen molar-refractivity contribution in [3.8, 4) is 0 Å². The summed E-state index contributed by atoms with van der Waals surface area (Å²) in [6.07, 6.45) is 1.03. The van der Waals surface area contributed by atoms with Gasteiger partial charge in [-0.25, -0.2) is 4.39 Å². The van der Waals surface area contributed by atoms with Gasteiger partial charge in [-0.1, -0.05) is 54.9 Å². The summed E-state index contributed by atoms with van der Waals surface area (Å²) in [5, 5.41) is 3.91. The molecule has 3 heteroatoms. The molecular weight excluding hydrogens is 261 g/mol. The van der Waals surface area contributed by atoms with Gasteiger partial charge >= 0.3 is 0 Å². The van der Waals surface area contributed by atoms with Crippen LogP contribution in [0.3, 0.4) is 0 Å². The summed E-state index contributed by atoms with van der Waals surface area (Å²) < 4.78 is 13.2. The van der Waals surface area contributed by atoms with Crippen molar-refractivity contribution in [2.24, 2.45) is 0 Å². The van der Waals surface area contributed by atoms with E-state index >= 15 is 0 Å². The molecule has 0 fully saturated rings. The number of rotatable bonds is 5. The molecule has 100 valence electrons. The highest BCUT2D eigenvalue weighted by atomic mass is 35.5. The second kappa shape index (κ2) is 6.69. The van der Waals surface area contributed by atoms with Crippen LogP contribution in [0.5, 0.6) is 0 Å². The molecule has 1 atom stereocenters. The van der Waals surface area contributed by atoms with Gasteiger partial charge in [0.1, 0.15) is 5.82 Å². The second-order valence-corrected chi connectivity index (χ2v) is 4.87. The monoisotopic (exact) mass is 277 g/mol. The summed E-state index contributed by atoms with van der Waals surface area (Å²) in [5.41, 5.74) is 2.03. The maximum Gasteiger partial charge on any atom is 0.124 e. The quantitative estimate of drug-likeness (QED) is 0.844. The molecule has 0 bridgehead atoms. The Balaban J connectivity index is 2.37. The Morgan fingerprint density at radius 3 is 2.53 bits per heavy atom. The number of hydrogen-bond donors (Lipinski definition) is 1. The zero-order valence-corrected chi connectivity index (χ0v) is 11.6. The van der Waals surface area contributed by atoms with Gasteiger partial charge < -0.3 is 5.32 Å². The smallest absolute Gasteiger partial charge is 0.124 e. The molecule has 2 aromatic rings. The van der Waals surface area contributed by atoms with Crippen LogP contribution in [0.15, 0.2) is 48.5 Å². The third-order valence-corrected chi connectivity index (χ3v) is 3.33. The molecule has 0 saturated heterocycles. The average Bonchev–Trinajstić information content (AvgIpc) is 2.42. The summed E-state index contributed by atoms with van der Waals surface area (Å²) in [5.74, 6) is -0.309. The molecule has 1 nitrogen and oxygen atoms in total. The number of hydrogen-bond acceptors (Lipinski definition) is 1. The fraction of sp³-hybridized carbons (Fsp3) is 0.250. The van der Waals surface area contributed by atoms with Crippen molar-refractivity contribution in [2.45, 2.75) is 19.4 Å². The normalized spacial score (nSPS) is 12.4. The van der Waals surface area contributed by atoms with Gasteiger partial charge in [-0.3, -0.25) is 0 Å². The summed E-state index contributed by atoms with van der Waals surface area (Å²) in [4.78, 5) is 0. The first-order valence-electron chi connectivity index (χ1n) is 6.45. The van der Waals surface area contributed by atoms with Crippen molar-refractivity contribution in [3.05, 3.63) is 70.5 Å². The maximum absolute atomic E-state index is 13.2. The van der Waals surface area contributed by atoms with Crippen LogP contribution in [0.25, 0.3) is 0 Å². The fourth-order valence-electron chi connectivity index (χ4n) is 2.08. The van der Waals surface area contributed by atoms with Crippen LogP contribution in [0.4, 0.5) is 4.39 Å². The minimum Gasteiger partial charge on any atom is -0.306 e. The zero-order valence-electron chi connectivity index (χ0n) is 10.9. The fourth-order valence-corrected chi connectivity index (χ4v) is 2.35. The van der Waals surface area contributed by atoms with Gasteiger partial charge in [0, 0.05) is 5.02 Å². The molecule has 2 aromatic carbocycles. The van der Waals surface area contributed by atoms with Crippen LogP contribution in [-0.4, -0.2) is 6.54 Å². The van der Waals surface area contributed by atoms with E-state index < -0.39 is 0 Å². The molecule has 19 heavy (non-hydrogen) atoms. The number of nitrogens with one attached hydrogen (secondary N) is 1. The van der Waals surface area contributed by atoms with Gasteiger partial charge in [0.15, 0.2) is 0 Å². The van der Waals surface area contributed by atoms with Gasteiger partial charge in [0.2, 0.25) is 0 Å². The third kappa shape index (κ3) is 3.55. The average molecular weight is 278 g/mol. The van der Waals surface area contributed by atoms with Crippen molar-refractivity contribution in [1.29, 1.82) is 0 Å². The van der Waals surface area contributed by atoms with E-state index in [1.54, 1.807) is 6.07 Å². The second-order valence-electron chi connectivity index (χ2n) is 4.46. The van der Waals surface area contributed by atoms with Gasteiger partial charge in [0.05, 0.1) is 6.04 Å². The van der Waals surface area contributed by atoms with E-state index in [4.69, 9.17) is 11.6 Å². The van der Waals surface area contributed by atoms with E-state index in [1.807, 2.05) is 30.3 Å². The minimum absolute atomic E-state index is 0.00532. The van der Waals surface area contributed by atoms with Crippen molar-refractivity contribution in [1.82, 2.24) is 5.32 Å². The highest BCUT2D eigenvalue weighted by Crippen LogP contribution is 2.28. The van der Waals surface area contributed by atoms with E-state index in [0.29, 0.717) is 5.02 Å². The summed E-state index contributed by atoms with van der Waals surface area (Å²) >= 11 is 6.17. The van der Waals surface area contributed by atoms with E-state index in [2.05, 4.69) is 12.2 Å². The molecule has 0 amide bonds. The van der Waals surface area contributed by atoms with Crippen molar-refractivity contribution in [2.75, 3.05) is 6.54 Å². The standard InChI is InChI=1S/C16H17ClFN/c1-2-10-19-16(12-6-4-3-5-7-12)14-9-8-13(18)11-15(14)17/h3-9,11,16,19H,2,10H2,1H3. The van der Waals surface area contributed by atoms with Gasteiger partial charge in [-0.05, 0) is 36.2 Å². The van der Waals surface area contributed by atoms with Crippen molar-refractivity contribution in [3.63, 3.8) is 0 Å². The lowest BCUT2D eigenvalue weighted by Crippen LogP contribution is -2.23. The van der Waals surface area contributed by atoms with Crippen molar-refractivity contribution >= 4 is 11.6 Å². The zero-order chi connectivity index (χ0) is 13.7. The molecule has 0 spiro atoms. The number of halogens is 2. The Labute approximate surface area is 118 Å². The Hall–Kier alpha value is -1.38. The van der Waals surface area contributed by atoms with Crippen LogP contribution >= 0.6 is 11.6 Å². The predicted octanol–water partition coefficient (Wildman–Crippen LogP) is 4.57. The largest absolute Gasteiger partial charge is 0.306 e. The first-order chi connectivity index (χ1) is 9.22. The van der Waals surface area contributed by atoms with Crippen LogP contribution in [0.2, 0.25) is 5.02 Å². The topological polar surface area (TPSA) is 12.0 Å². The van der Waals surface area contributed by atoms with Gasteiger partial charge in [0.25, 0.3) is 0 Å². The third-order valence-electron chi connectivity index (χ3n) is 3.00. The Bertz CT molecular complexity index is 528. The first-order valence-corrected chi connectivity index (χ1v) is 6.83. The minimum atomic E-state index is -0.309. The molecule has 1 N–H and O–H groups in total. The van der Waals surface area contributed by atoms with Gasteiger partial charge in [-0.15, -0.1) is 0 Å². The Morgan fingerprint density at radius 1 is 1.16 bits per heavy atom. The summed E-state index contributed by atoms with van der Waals surface area (Å²) in [7, 11) is 0. The molecule has 0 aliphatic heterocycles. The van der Waals surface area contributed by atoms with Crippen LogP contribution in [0, 0.1) is 5.82 Å². The van der Waals surface area contributed by atoms with Crippen LogP contribution in [-0.2, 0) is 0 Å². The van der Waals surface area contributed by atoms with Crippen LogP contribution < -0.4 is 5.32 Å². The molecule has 0 aliphatic rings. The molecule has 0 radical (unpaired) electrons. The molecule has 0 aliphatic carbocycles. The first kappa shape index (κ1) is 14.0. The summed E-state index contributed by atoms with van der Waals surface area (Å²) in [6.45, 7) is 2.99. The number of benzene rings is 2. The molecular formula is C16H17ClFN. The maximum atomic E-state index is 13.2. The lowest BCUT2D eigenvalue weighted by molar-refractivity contribution is 0.593. The molecule has 0 saturated carbocycles. The van der Waals surface area contributed by atoms with E-state index in [0.717, 1.165) is 24.1 Å². The highest BCUT2D eigenvalue weighted by molar-refractivity contribution is 6.31.